The second kappa shape index (κ2) is 8.30. The molecule has 1 atom stereocenters. The van der Waals surface area contributed by atoms with E-state index in [0.717, 1.165) is 32.0 Å². The Morgan fingerprint density at radius 1 is 1.38 bits per heavy atom. The van der Waals surface area contributed by atoms with Crippen LogP contribution >= 0.6 is 0 Å². The largest absolute Gasteiger partial charge is 0.379 e. The molecule has 1 saturated heterocycles. The SMILES string of the molecule is CC(C)C(O)N1CCC(CNc2ccc(S(N)(=O)=O)cc2[N+](=O)[O-])CC1. The van der Waals surface area contributed by atoms with E-state index in [1.807, 2.05) is 18.7 Å². The summed E-state index contributed by atoms with van der Waals surface area (Å²) in [4.78, 5) is 12.4. The van der Waals surface area contributed by atoms with Crippen molar-refractivity contribution < 1.29 is 18.4 Å². The summed E-state index contributed by atoms with van der Waals surface area (Å²) >= 11 is 0. The van der Waals surface area contributed by atoms with Gasteiger partial charge in [-0.05, 0) is 36.8 Å². The zero-order valence-corrected chi connectivity index (χ0v) is 15.8. The number of rotatable bonds is 7. The average Bonchev–Trinajstić information content (AvgIpc) is 2.58. The Kier molecular flexibility index (Phi) is 6.56. The highest BCUT2D eigenvalue weighted by atomic mass is 32.2. The molecule has 1 aliphatic heterocycles. The molecule has 4 N–H and O–H groups in total. The molecule has 9 nitrogen and oxygen atoms in total. The number of aliphatic hydroxyl groups excluding tert-OH is 1. The first-order chi connectivity index (χ1) is 12.1. The van der Waals surface area contributed by atoms with Gasteiger partial charge in [-0.2, -0.15) is 0 Å². The number of nitrogens with zero attached hydrogens (tertiary/aromatic N) is 2. The minimum absolute atomic E-state index is 0.171. The number of hydrogen-bond acceptors (Lipinski definition) is 7. The van der Waals surface area contributed by atoms with E-state index in [2.05, 4.69) is 5.32 Å². The van der Waals surface area contributed by atoms with E-state index in [9.17, 15) is 23.6 Å². The molecule has 26 heavy (non-hydrogen) atoms. The minimum Gasteiger partial charge on any atom is -0.379 e. The maximum absolute atomic E-state index is 11.4. The third-order valence-electron chi connectivity index (χ3n) is 4.70. The van der Waals surface area contributed by atoms with Gasteiger partial charge in [0, 0.05) is 25.7 Å². The predicted octanol–water partition coefficient (Wildman–Crippen LogP) is 1.34. The number of sulfonamides is 1. The van der Waals surface area contributed by atoms with Gasteiger partial charge in [0.1, 0.15) is 11.9 Å². The fraction of sp³-hybridized carbons (Fsp3) is 0.625. The lowest BCUT2D eigenvalue weighted by molar-refractivity contribution is -0.384. The van der Waals surface area contributed by atoms with Gasteiger partial charge in [0.15, 0.2) is 0 Å². The molecule has 1 aliphatic rings. The quantitative estimate of drug-likeness (QED) is 0.474. The average molecular weight is 386 g/mol. The van der Waals surface area contributed by atoms with E-state index in [4.69, 9.17) is 5.14 Å². The van der Waals surface area contributed by atoms with Crippen LogP contribution in [0.5, 0.6) is 0 Å². The molecule has 1 aromatic rings. The first-order valence-corrected chi connectivity index (χ1v) is 10.1. The third-order valence-corrected chi connectivity index (χ3v) is 5.61. The lowest BCUT2D eigenvalue weighted by atomic mass is 9.95. The Morgan fingerprint density at radius 3 is 2.50 bits per heavy atom. The third kappa shape index (κ3) is 5.13. The fourth-order valence-corrected chi connectivity index (χ4v) is 3.62. The summed E-state index contributed by atoms with van der Waals surface area (Å²) in [5, 5.41) is 29.4. The number of likely N-dealkylation sites (tertiary alicyclic amines) is 1. The van der Waals surface area contributed by atoms with E-state index in [1.54, 1.807) is 0 Å². The minimum atomic E-state index is -3.99. The molecule has 0 amide bonds. The Balaban J connectivity index is 1.99. The topological polar surface area (TPSA) is 139 Å². The zero-order chi connectivity index (χ0) is 19.5. The molecule has 2 rings (SSSR count). The number of aliphatic hydroxyl groups is 1. The van der Waals surface area contributed by atoms with Crippen molar-refractivity contribution in [3.8, 4) is 0 Å². The highest BCUT2D eigenvalue weighted by Crippen LogP contribution is 2.28. The van der Waals surface area contributed by atoms with Crippen LogP contribution in [0.2, 0.25) is 0 Å². The van der Waals surface area contributed by atoms with Gasteiger partial charge in [0.05, 0.1) is 9.82 Å². The van der Waals surface area contributed by atoms with Crippen LogP contribution < -0.4 is 10.5 Å². The Labute approximate surface area is 153 Å². The smallest absolute Gasteiger partial charge is 0.293 e. The number of piperidine rings is 1. The normalized spacial score (nSPS) is 18.0. The van der Waals surface area contributed by atoms with Crippen LogP contribution in [0.3, 0.4) is 0 Å². The van der Waals surface area contributed by atoms with Crippen LogP contribution in [0.15, 0.2) is 23.1 Å². The standard InChI is InChI=1S/C16H26N4O5S/c1-11(2)16(21)19-7-5-12(6-8-19)10-18-14-4-3-13(26(17,24)25)9-15(14)20(22)23/h3-4,9,11-12,16,18,21H,5-8,10H2,1-2H3,(H2,17,24,25). The van der Waals surface area contributed by atoms with Crippen LogP contribution in [0.4, 0.5) is 11.4 Å². The molecule has 146 valence electrons. The van der Waals surface area contributed by atoms with Crippen molar-refractivity contribution in [2.75, 3.05) is 25.0 Å². The molecule has 0 aliphatic carbocycles. The number of nitro groups is 1. The summed E-state index contributed by atoms with van der Waals surface area (Å²) in [5.41, 5.74) is -0.0452. The summed E-state index contributed by atoms with van der Waals surface area (Å²) < 4.78 is 22.7. The maximum Gasteiger partial charge on any atom is 0.293 e. The van der Waals surface area contributed by atoms with Gasteiger partial charge in [0.25, 0.3) is 5.69 Å². The second-order valence-corrected chi connectivity index (χ2v) is 8.56. The van der Waals surface area contributed by atoms with Gasteiger partial charge < -0.3 is 10.4 Å². The first-order valence-electron chi connectivity index (χ1n) is 8.57. The molecule has 0 bridgehead atoms. The monoisotopic (exact) mass is 386 g/mol. The molecule has 0 spiro atoms. The van der Waals surface area contributed by atoms with Gasteiger partial charge in [0.2, 0.25) is 10.0 Å². The number of benzene rings is 1. The molecule has 1 heterocycles. The number of primary sulfonamides is 1. The molecule has 1 aromatic carbocycles. The van der Waals surface area contributed by atoms with Gasteiger partial charge in [-0.1, -0.05) is 13.8 Å². The van der Waals surface area contributed by atoms with E-state index in [1.165, 1.54) is 12.1 Å². The van der Waals surface area contributed by atoms with Crippen LogP contribution in [-0.4, -0.2) is 49.2 Å². The van der Waals surface area contributed by atoms with E-state index >= 15 is 0 Å². The van der Waals surface area contributed by atoms with Gasteiger partial charge in [-0.3, -0.25) is 15.0 Å². The number of nitro benzene ring substituents is 1. The molecule has 0 saturated carbocycles. The summed E-state index contributed by atoms with van der Waals surface area (Å²) in [7, 11) is -3.99. The zero-order valence-electron chi connectivity index (χ0n) is 15.0. The van der Waals surface area contributed by atoms with Crippen LogP contribution in [0, 0.1) is 22.0 Å². The van der Waals surface area contributed by atoms with Crippen molar-refractivity contribution in [1.29, 1.82) is 0 Å². The van der Waals surface area contributed by atoms with E-state index in [-0.39, 0.29) is 22.2 Å². The van der Waals surface area contributed by atoms with Crippen molar-refractivity contribution >= 4 is 21.4 Å². The van der Waals surface area contributed by atoms with Crippen molar-refractivity contribution in [1.82, 2.24) is 4.90 Å². The lowest BCUT2D eigenvalue weighted by Crippen LogP contribution is -2.44. The lowest BCUT2D eigenvalue weighted by Gasteiger charge is -2.36. The highest BCUT2D eigenvalue weighted by Gasteiger charge is 2.26. The Bertz CT molecular complexity index is 745. The Morgan fingerprint density at radius 2 is 2.00 bits per heavy atom. The molecule has 1 fully saturated rings. The van der Waals surface area contributed by atoms with Crippen LogP contribution in [0.1, 0.15) is 26.7 Å². The molecular weight excluding hydrogens is 360 g/mol. The Hall–Kier alpha value is -1.75. The van der Waals surface area contributed by atoms with E-state index in [0.29, 0.717) is 12.5 Å². The predicted molar refractivity (Wildman–Crippen MR) is 98.1 cm³/mol. The molecule has 10 heteroatoms. The van der Waals surface area contributed by atoms with Gasteiger partial charge >= 0.3 is 0 Å². The van der Waals surface area contributed by atoms with E-state index < -0.39 is 21.2 Å². The van der Waals surface area contributed by atoms with Crippen molar-refractivity contribution in [2.24, 2.45) is 17.0 Å². The second-order valence-electron chi connectivity index (χ2n) is 7.00. The number of nitrogens with two attached hydrogens (primary N) is 1. The number of anilines is 1. The van der Waals surface area contributed by atoms with Gasteiger partial charge in [-0.25, -0.2) is 13.6 Å². The maximum atomic E-state index is 11.4. The summed E-state index contributed by atoms with van der Waals surface area (Å²) in [6, 6.07) is 3.60. The molecule has 1 unspecified atom stereocenters. The van der Waals surface area contributed by atoms with Crippen molar-refractivity contribution in [2.45, 2.75) is 37.8 Å². The molecule has 0 aromatic heterocycles. The first kappa shape index (κ1) is 20.6. The summed E-state index contributed by atoms with van der Waals surface area (Å²) in [6.07, 6.45) is 1.30. The summed E-state index contributed by atoms with van der Waals surface area (Å²) in [6.45, 7) is 6.04. The fourth-order valence-electron chi connectivity index (χ4n) is 3.09. The highest BCUT2D eigenvalue weighted by molar-refractivity contribution is 7.89. The number of hydrogen-bond donors (Lipinski definition) is 3. The van der Waals surface area contributed by atoms with Crippen molar-refractivity contribution in [3.63, 3.8) is 0 Å². The van der Waals surface area contributed by atoms with Crippen LogP contribution in [-0.2, 0) is 10.0 Å². The van der Waals surface area contributed by atoms with Gasteiger partial charge in [-0.15, -0.1) is 0 Å². The molecule has 0 radical (unpaired) electrons. The summed E-state index contributed by atoms with van der Waals surface area (Å²) in [5.74, 6) is 0.493. The number of nitrogens with one attached hydrogen (secondary N) is 1. The molecular formula is C16H26N4O5S. The van der Waals surface area contributed by atoms with Crippen LogP contribution in [0.25, 0.3) is 0 Å². The van der Waals surface area contributed by atoms with Crippen molar-refractivity contribution in [3.05, 3.63) is 28.3 Å².